The lowest BCUT2D eigenvalue weighted by atomic mass is 9.83. The number of carbonyl (C=O) groups is 2. The molecular formula is C33H48Cl2N2O4. The fraction of sp³-hybridized carbons (Fsp3) is 0.576. The van der Waals surface area contributed by atoms with Crippen molar-refractivity contribution >= 4 is 36.4 Å². The van der Waals surface area contributed by atoms with Crippen LogP contribution < -0.4 is 9.47 Å². The van der Waals surface area contributed by atoms with Gasteiger partial charge in [0.1, 0.15) is 11.5 Å². The molecular weight excluding hydrogens is 559 g/mol. The largest absolute Gasteiger partial charge is 0.497 e. The number of ketones is 2. The Labute approximate surface area is 259 Å². The second-order valence-electron chi connectivity index (χ2n) is 11.2. The number of hydrogen-bond acceptors (Lipinski definition) is 6. The van der Waals surface area contributed by atoms with Crippen molar-refractivity contribution in [1.82, 2.24) is 9.80 Å². The third kappa shape index (κ3) is 10.6. The second kappa shape index (κ2) is 18.4. The molecule has 0 spiro atoms. The Hall–Kier alpha value is -2.12. The van der Waals surface area contributed by atoms with Crippen molar-refractivity contribution in [3.63, 3.8) is 0 Å². The molecule has 41 heavy (non-hydrogen) atoms. The molecule has 2 atom stereocenters. The summed E-state index contributed by atoms with van der Waals surface area (Å²) in [5.74, 6) is 1.26. The van der Waals surface area contributed by atoms with Crippen LogP contribution in [0.4, 0.5) is 0 Å². The number of likely N-dealkylation sites (tertiary alicyclic amines) is 2. The van der Waals surface area contributed by atoms with E-state index in [4.69, 9.17) is 9.47 Å². The number of halogens is 2. The van der Waals surface area contributed by atoms with E-state index in [1.807, 2.05) is 48.5 Å². The maximum atomic E-state index is 14.0. The van der Waals surface area contributed by atoms with Gasteiger partial charge in [-0.3, -0.25) is 9.59 Å². The number of hydrogen-bond donors (Lipinski definition) is 0. The van der Waals surface area contributed by atoms with E-state index >= 15 is 0 Å². The van der Waals surface area contributed by atoms with E-state index in [1.165, 1.54) is 51.4 Å². The predicted molar refractivity (Wildman–Crippen MR) is 171 cm³/mol. The fourth-order valence-corrected chi connectivity index (χ4v) is 6.12. The summed E-state index contributed by atoms with van der Waals surface area (Å²) in [6.07, 6.45) is 10.3. The van der Waals surface area contributed by atoms with Gasteiger partial charge in [0, 0.05) is 36.1 Å². The lowest BCUT2D eigenvalue weighted by Gasteiger charge is -2.31. The molecule has 0 bridgehead atoms. The first-order chi connectivity index (χ1) is 19.1. The molecule has 2 aromatic rings. The van der Waals surface area contributed by atoms with Gasteiger partial charge in [-0.15, -0.1) is 24.8 Å². The van der Waals surface area contributed by atoms with E-state index in [0.29, 0.717) is 30.6 Å². The predicted octanol–water partition coefficient (Wildman–Crippen LogP) is 6.99. The van der Waals surface area contributed by atoms with E-state index in [2.05, 4.69) is 9.80 Å². The van der Waals surface area contributed by atoms with Crippen LogP contribution in [0.2, 0.25) is 0 Å². The molecule has 2 fully saturated rings. The molecule has 2 aliphatic rings. The van der Waals surface area contributed by atoms with E-state index in [1.54, 1.807) is 14.2 Å². The lowest BCUT2D eigenvalue weighted by Crippen LogP contribution is -2.39. The van der Waals surface area contributed by atoms with Gasteiger partial charge in [-0.25, -0.2) is 0 Å². The van der Waals surface area contributed by atoms with Gasteiger partial charge >= 0.3 is 0 Å². The summed E-state index contributed by atoms with van der Waals surface area (Å²) in [5, 5.41) is 0. The van der Waals surface area contributed by atoms with Gasteiger partial charge in [0.2, 0.25) is 0 Å². The minimum atomic E-state index is -0.240. The van der Waals surface area contributed by atoms with Crippen LogP contribution in [0.25, 0.3) is 0 Å². The van der Waals surface area contributed by atoms with Crippen LogP contribution in [0.3, 0.4) is 0 Å². The molecule has 0 saturated carbocycles. The van der Waals surface area contributed by atoms with Crippen LogP contribution in [0, 0.1) is 11.8 Å². The number of methoxy groups -OCH3 is 2. The van der Waals surface area contributed by atoms with Crippen molar-refractivity contribution in [2.24, 2.45) is 11.8 Å². The minimum Gasteiger partial charge on any atom is -0.497 e. The van der Waals surface area contributed by atoms with Crippen molar-refractivity contribution in [2.75, 3.05) is 53.5 Å². The molecule has 8 heteroatoms. The molecule has 2 aromatic carbocycles. The summed E-state index contributed by atoms with van der Waals surface area (Å²) in [7, 11) is 3.27. The highest BCUT2D eigenvalue weighted by molar-refractivity contribution is 6.00. The average molecular weight is 608 g/mol. The van der Waals surface area contributed by atoms with E-state index in [9.17, 15) is 9.59 Å². The molecule has 2 heterocycles. The molecule has 0 amide bonds. The molecule has 228 valence electrons. The third-order valence-electron chi connectivity index (χ3n) is 8.41. The Morgan fingerprint density at radius 3 is 1.20 bits per heavy atom. The molecule has 4 rings (SSSR count). The van der Waals surface area contributed by atoms with Crippen molar-refractivity contribution in [1.29, 1.82) is 0 Å². The maximum absolute atomic E-state index is 14.0. The lowest BCUT2D eigenvalue weighted by molar-refractivity contribution is 0.0775. The van der Waals surface area contributed by atoms with Crippen LogP contribution in [0.5, 0.6) is 11.5 Å². The van der Waals surface area contributed by atoms with Crippen LogP contribution in [0.15, 0.2) is 48.5 Å². The highest BCUT2D eigenvalue weighted by atomic mass is 35.5. The first-order valence-corrected chi connectivity index (χ1v) is 14.9. The number of ether oxygens (including phenoxy) is 2. The maximum Gasteiger partial charge on any atom is 0.167 e. The van der Waals surface area contributed by atoms with Crippen LogP contribution in [-0.2, 0) is 0 Å². The molecule has 0 N–H and O–H groups in total. The summed E-state index contributed by atoms with van der Waals surface area (Å²) in [4.78, 5) is 33.0. The van der Waals surface area contributed by atoms with Gasteiger partial charge in [0.15, 0.2) is 11.6 Å². The van der Waals surface area contributed by atoms with Gasteiger partial charge < -0.3 is 19.3 Å². The molecule has 2 aliphatic heterocycles. The highest BCUT2D eigenvalue weighted by Gasteiger charge is 2.32. The van der Waals surface area contributed by atoms with Crippen LogP contribution in [-0.4, -0.2) is 74.9 Å². The number of rotatable bonds is 12. The quantitative estimate of drug-likeness (QED) is 0.243. The first-order valence-electron chi connectivity index (χ1n) is 14.9. The molecule has 6 nitrogen and oxygen atoms in total. The SMILES string of the molecule is COc1ccc(C(=O)C(CC(CN2CCCCCC2)C(=O)c2ccc(OC)cc2)CN2CCCCCC2)cc1.Cl.Cl. The van der Waals surface area contributed by atoms with Gasteiger partial charge in [-0.1, -0.05) is 25.7 Å². The first kappa shape index (κ1) is 35.1. The zero-order valence-electron chi connectivity index (χ0n) is 24.7. The van der Waals surface area contributed by atoms with E-state index in [0.717, 1.165) is 37.7 Å². The van der Waals surface area contributed by atoms with Gasteiger partial charge in [-0.2, -0.15) is 0 Å². The molecule has 0 aromatic heterocycles. The Morgan fingerprint density at radius 1 is 0.585 bits per heavy atom. The Balaban J connectivity index is 0.00000294. The fourth-order valence-electron chi connectivity index (χ4n) is 6.12. The summed E-state index contributed by atoms with van der Waals surface area (Å²) in [6, 6.07) is 14.9. The van der Waals surface area contributed by atoms with Crippen molar-refractivity contribution < 1.29 is 19.1 Å². The van der Waals surface area contributed by atoms with Crippen molar-refractivity contribution in [3.05, 3.63) is 59.7 Å². The Kier molecular flexibility index (Phi) is 15.8. The van der Waals surface area contributed by atoms with E-state index in [-0.39, 0.29) is 48.2 Å². The number of Topliss-reactive ketones (excluding diaryl/α,β-unsaturated/α-hetero) is 2. The highest BCUT2D eigenvalue weighted by Crippen LogP contribution is 2.27. The number of nitrogens with zero attached hydrogens (tertiary/aromatic N) is 2. The second-order valence-corrected chi connectivity index (χ2v) is 11.2. The molecule has 2 saturated heterocycles. The normalized spacial score (nSPS) is 18.0. The summed E-state index contributed by atoms with van der Waals surface area (Å²) >= 11 is 0. The van der Waals surface area contributed by atoms with Gasteiger partial charge in [0.25, 0.3) is 0 Å². The molecule has 2 unspecified atom stereocenters. The van der Waals surface area contributed by atoms with E-state index < -0.39 is 0 Å². The Morgan fingerprint density at radius 2 is 0.902 bits per heavy atom. The van der Waals surface area contributed by atoms with Crippen LogP contribution >= 0.6 is 24.8 Å². The number of carbonyl (C=O) groups excluding carboxylic acids is 2. The zero-order valence-corrected chi connectivity index (χ0v) is 26.4. The average Bonchev–Trinajstić information content (AvgIpc) is 3.41. The van der Waals surface area contributed by atoms with Gasteiger partial charge in [0.05, 0.1) is 14.2 Å². The number of benzene rings is 2. The summed E-state index contributed by atoms with van der Waals surface area (Å²) in [6.45, 7) is 5.50. The Bertz CT molecular complexity index is 949. The van der Waals surface area contributed by atoms with Gasteiger partial charge in [-0.05, 0) is 107 Å². The monoisotopic (exact) mass is 606 g/mol. The van der Waals surface area contributed by atoms with Crippen LogP contribution in [0.1, 0.15) is 78.5 Å². The van der Waals surface area contributed by atoms with Crippen molar-refractivity contribution in [2.45, 2.75) is 57.8 Å². The topological polar surface area (TPSA) is 59.1 Å². The van der Waals surface area contributed by atoms with Crippen molar-refractivity contribution in [3.8, 4) is 11.5 Å². The minimum absolute atomic E-state index is 0. The molecule has 0 aliphatic carbocycles. The summed E-state index contributed by atoms with van der Waals surface area (Å²) in [5.41, 5.74) is 1.39. The standard InChI is InChI=1S/C33H46N2O4.2ClH/c1-38-30-15-11-26(12-16-30)32(36)28(24-34-19-7-3-4-8-20-34)23-29(25-35-21-9-5-6-10-22-35)33(37)27-13-17-31(39-2)18-14-27;;/h11-18,28-29H,3-10,19-25H2,1-2H3;2*1H. The summed E-state index contributed by atoms with van der Waals surface area (Å²) < 4.78 is 10.6. The zero-order chi connectivity index (χ0) is 27.5. The molecule has 0 radical (unpaired) electrons. The third-order valence-corrected chi connectivity index (χ3v) is 8.41. The smallest absolute Gasteiger partial charge is 0.167 e.